The minimum Gasteiger partial charge on any atom is -0.246 e. The van der Waals surface area contributed by atoms with Crippen LogP contribution in [0, 0.1) is 0 Å². The van der Waals surface area contributed by atoms with Crippen LogP contribution in [0.1, 0.15) is 0 Å². The molecule has 0 aliphatic rings. The monoisotopic (exact) mass is 731 g/mol. The van der Waals surface area contributed by atoms with E-state index in [-0.39, 0.29) is 0 Å². The fourth-order valence-electron chi connectivity index (χ4n) is 8.52. The highest BCUT2D eigenvalue weighted by atomic mass is 15.5. The molecule has 0 spiro atoms. The van der Waals surface area contributed by atoms with Crippen molar-refractivity contribution in [3.05, 3.63) is 218 Å². The number of nitrogens with one attached hydrogen (secondary N) is 1. The van der Waals surface area contributed by atoms with E-state index in [1.54, 1.807) is 0 Å². The third-order valence-electron chi connectivity index (χ3n) is 11.1. The van der Waals surface area contributed by atoms with E-state index in [1.807, 2.05) is 0 Å². The Kier molecular flexibility index (Phi) is 7.74. The molecule has 0 atom stereocenters. The standard InChI is InChI=1S/C52H37N5/c1-5-25-41-37(17-1)21-13-33-45(41)54-49-29-9-11-31-51(49)56(47-35-15-23-39-19-3-7-27-43(39)47)57(48-36-16-24-40-20-4-8-28-44(40)48)52-32-12-10-30-50(52)55(53-54)46-34-14-22-38-18-2-6-26-42(38)46/h1-36,53H. The first kappa shape index (κ1) is 32.7. The van der Waals surface area contributed by atoms with Crippen LogP contribution < -0.4 is 0 Å². The molecule has 1 heterocycles. The Bertz CT molecular complexity index is 3190. The molecule has 5 heteroatoms. The number of rotatable bonds is 4. The van der Waals surface area contributed by atoms with Crippen molar-refractivity contribution >= 4 is 65.2 Å². The van der Waals surface area contributed by atoms with Crippen LogP contribution in [0.3, 0.4) is 0 Å². The van der Waals surface area contributed by atoms with E-state index in [0.717, 1.165) is 77.1 Å². The lowest BCUT2D eigenvalue weighted by Crippen LogP contribution is -2.14. The quantitative estimate of drug-likeness (QED) is 0.187. The topological polar surface area (TPSA) is 35.5 Å². The van der Waals surface area contributed by atoms with Crippen LogP contribution in [0.25, 0.3) is 87.9 Å². The van der Waals surface area contributed by atoms with Crippen LogP contribution >= 0.6 is 0 Å². The van der Waals surface area contributed by atoms with Crippen molar-refractivity contribution in [2.24, 2.45) is 0 Å². The largest absolute Gasteiger partial charge is 0.246 e. The maximum absolute atomic E-state index is 4.06. The Morgan fingerprint density at radius 3 is 0.860 bits per heavy atom. The Morgan fingerprint density at radius 1 is 0.228 bits per heavy atom. The summed E-state index contributed by atoms with van der Waals surface area (Å²) in [7, 11) is 0. The molecule has 0 aliphatic carbocycles. The molecule has 0 fully saturated rings. The zero-order valence-electron chi connectivity index (χ0n) is 31.1. The minimum absolute atomic E-state index is 0.977. The Balaban J connectivity index is 1.49. The van der Waals surface area contributed by atoms with E-state index < -0.39 is 0 Å². The fourth-order valence-corrected chi connectivity index (χ4v) is 8.52. The summed E-state index contributed by atoms with van der Waals surface area (Å²) < 4.78 is 9.37. The van der Waals surface area contributed by atoms with Crippen molar-refractivity contribution in [3.63, 3.8) is 0 Å². The first-order valence-corrected chi connectivity index (χ1v) is 19.4. The Labute approximate surface area is 329 Å². The Morgan fingerprint density at radius 2 is 0.491 bits per heavy atom. The molecule has 0 saturated heterocycles. The summed E-state index contributed by atoms with van der Waals surface area (Å²) in [5, 5.41) is 13.3. The molecule has 1 aromatic heterocycles. The van der Waals surface area contributed by atoms with Crippen molar-refractivity contribution < 1.29 is 0 Å². The summed E-state index contributed by atoms with van der Waals surface area (Å²) in [5.74, 6) is 0. The number of hydrogen-bond acceptors (Lipinski definition) is 0. The van der Waals surface area contributed by atoms with Gasteiger partial charge >= 0.3 is 0 Å². The summed E-state index contributed by atoms with van der Waals surface area (Å²) in [5.41, 5.74) is 8.11. The second kappa shape index (κ2) is 13.5. The molecule has 11 rings (SSSR count). The van der Waals surface area contributed by atoms with Gasteiger partial charge in [0.15, 0.2) is 0 Å². The summed E-state index contributed by atoms with van der Waals surface area (Å²) in [4.78, 5) is 0. The lowest BCUT2D eigenvalue weighted by atomic mass is 10.1. The number of para-hydroxylation sites is 4. The van der Waals surface area contributed by atoms with Gasteiger partial charge in [0.1, 0.15) is 0 Å². The van der Waals surface area contributed by atoms with Crippen LogP contribution in [0.15, 0.2) is 218 Å². The zero-order valence-corrected chi connectivity index (χ0v) is 31.1. The number of benzene rings is 10. The molecule has 0 radical (unpaired) electrons. The average molecular weight is 732 g/mol. The summed E-state index contributed by atoms with van der Waals surface area (Å²) >= 11 is 0. The van der Waals surface area contributed by atoms with E-state index in [0.29, 0.717) is 0 Å². The molecule has 10 aromatic carbocycles. The lowest BCUT2D eigenvalue weighted by Gasteiger charge is -2.23. The fraction of sp³-hybridized carbons (Fsp3) is 0. The zero-order chi connectivity index (χ0) is 37.7. The smallest absolute Gasteiger partial charge is 0.0902 e. The van der Waals surface area contributed by atoms with E-state index in [2.05, 4.69) is 242 Å². The van der Waals surface area contributed by atoms with Gasteiger partial charge in [0.05, 0.1) is 44.8 Å². The van der Waals surface area contributed by atoms with Gasteiger partial charge in [-0.3, -0.25) is 0 Å². The maximum Gasteiger partial charge on any atom is 0.0902 e. The lowest BCUT2D eigenvalue weighted by molar-refractivity contribution is 0.719. The van der Waals surface area contributed by atoms with Gasteiger partial charge in [-0.1, -0.05) is 170 Å². The maximum atomic E-state index is 4.06. The molecule has 0 amide bonds. The minimum atomic E-state index is 0.977. The molecule has 5 nitrogen and oxygen atoms in total. The van der Waals surface area contributed by atoms with E-state index in [9.17, 15) is 0 Å². The molecule has 0 unspecified atom stereocenters. The van der Waals surface area contributed by atoms with Gasteiger partial charge in [-0.25, -0.2) is 23.9 Å². The number of aromatic nitrogens is 5. The third kappa shape index (κ3) is 5.40. The van der Waals surface area contributed by atoms with Gasteiger partial charge < -0.3 is 0 Å². The molecule has 0 aliphatic heterocycles. The SMILES string of the molecule is c1ccc2c(-n3[nH]n(-c4cccc5ccccc45)c4ccccc4n(-c4cccc5ccccc45)n(-c4cccc5ccccc45)c4ccccc43)cccc2c1. The van der Waals surface area contributed by atoms with Crippen molar-refractivity contribution in [3.8, 4) is 22.7 Å². The summed E-state index contributed by atoms with van der Waals surface area (Å²) in [6, 6.07) is 78.4. The van der Waals surface area contributed by atoms with E-state index >= 15 is 0 Å². The predicted molar refractivity (Wildman–Crippen MR) is 238 cm³/mol. The number of H-pyrrole nitrogens is 1. The number of nitrogens with zero attached hydrogens (tertiary/aromatic N) is 4. The average Bonchev–Trinajstić information content (AvgIpc) is 3.33. The van der Waals surface area contributed by atoms with Crippen LogP contribution in [0.2, 0.25) is 0 Å². The molecule has 270 valence electrons. The first-order chi connectivity index (χ1) is 28.3. The molecule has 57 heavy (non-hydrogen) atoms. The van der Waals surface area contributed by atoms with E-state index in [1.165, 1.54) is 10.8 Å². The van der Waals surface area contributed by atoms with Crippen molar-refractivity contribution in [2.45, 2.75) is 0 Å². The van der Waals surface area contributed by atoms with Crippen molar-refractivity contribution in [2.75, 3.05) is 0 Å². The molecule has 1 N–H and O–H groups in total. The van der Waals surface area contributed by atoms with Gasteiger partial charge in [0, 0.05) is 21.5 Å². The molecule has 0 saturated carbocycles. The second-order valence-electron chi connectivity index (χ2n) is 14.4. The van der Waals surface area contributed by atoms with Crippen LogP contribution in [0.5, 0.6) is 0 Å². The number of aromatic amines is 1. The second-order valence-corrected chi connectivity index (χ2v) is 14.4. The molecule has 11 aromatic rings. The number of hydrogen-bond donors (Lipinski definition) is 1. The highest BCUT2D eigenvalue weighted by Crippen LogP contribution is 2.34. The van der Waals surface area contributed by atoms with Crippen molar-refractivity contribution in [1.82, 2.24) is 23.9 Å². The van der Waals surface area contributed by atoms with Crippen LogP contribution in [-0.2, 0) is 0 Å². The van der Waals surface area contributed by atoms with Gasteiger partial charge in [0.2, 0.25) is 0 Å². The third-order valence-corrected chi connectivity index (χ3v) is 11.1. The summed E-state index contributed by atoms with van der Waals surface area (Å²) in [6.07, 6.45) is 0. The van der Waals surface area contributed by atoms with Crippen LogP contribution in [-0.4, -0.2) is 23.9 Å². The molecular formula is C52H37N5. The molecule has 0 bridgehead atoms. The highest BCUT2D eigenvalue weighted by molar-refractivity contribution is 5.97. The Hall–Kier alpha value is -7.76. The number of fused-ring (bicyclic) bond motifs is 6. The summed E-state index contributed by atoms with van der Waals surface area (Å²) in [6.45, 7) is 0. The normalized spacial score (nSPS) is 11.5. The molecular weight excluding hydrogens is 695 g/mol. The van der Waals surface area contributed by atoms with E-state index in [4.69, 9.17) is 0 Å². The van der Waals surface area contributed by atoms with Gasteiger partial charge in [-0.15, -0.1) is 0 Å². The van der Waals surface area contributed by atoms with Gasteiger partial charge in [-0.2, -0.15) is 0 Å². The van der Waals surface area contributed by atoms with Gasteiger partial charge in [0.25, 0.3) is 0 Å². The first-order valence-electron chi connectivity index (χ1n) is 19.4. The van der Waals surface area contributed by atoms with Crippen molar-refractivity contribution in [1.29, 1.82) is 0 Å². The van der Waals surface area contributed by atoms with Crippen LogP contribution in [0.4, 0.5) is 0 Å². The van der Waals surface area contributed by atoms with Gasteiger partial charge in [-0.05, 0) is 70.1 Å². The predicted octanol–water partition coefficient (Wildman–Crippen LogP) is 13.3. The highest BCUT2D eigenvalue weighted by Gasteiger charge is 2.18.